The van der Waals surface area contributed by atoms with E-state index in [1.54, 1.807) is 7.05 Å². The molecule has 5 nitrogen and oxygen atoms in total. The van der Waals surface area contributed by atoms with Crippen LogP contribution in [-0.4, -0.2) is 36.7 Å². The van der Waals surface area contributed by atoms with Gasteiger partial charge in [-0.25, -0.2) is 4.98 Å². The molecule has 1 aliphatic carbocycles. The third kappa shape index (κ3) is 4.27. The standard InChI is InChI=1S/C16H23F3N4OS.HI/c1-15(2)12(9-5-4-6-24-13(9)15)23-14(20-3)21-7-11-22-10(8-25-11)16(17,18)19;/h8-9,12-13H,4-7H2,1-3H3,(H2,20,21,23);1H. The number of nitrogens with one attached hydrogen (secondary N) is 2. The van der Waals surface area contributed by atoms with Crippen molar-refractivity contribution in [3.63, 3.8) is 0 Å². The molecule has 1 aliphatic heterocycles. The molecule has 3 unspecified atom stereocenters. The Kier molecular flexibility index (Phi) is 6.81. The number of halogens is 4. The molecule has 3 rings (SSSR count). The van der Waals surface area contributed by atoms with Crippen molar-refractivity contribution in [2.75, 3.05) is 13.7 Å². The van der Waals surface area contributed by atoms with Crippen LogP contribution < -0.4 is 10.6 Å². The van der Waals surface area contributed by atoms with E-state index in [0.717, 1.165) is 36.2 Å². The van der Waals surface area contributed by atoms with Crippen molar-refractivity contribution in [2.24, 2.45) is 16.3 Å². The zero-order valence-corrected chi connectivity index (χ0v) is 18.0. The van der Waals surface area contributed by atoms with Crippen LogP contribution in [0.15, 0.2) is 10.4 Å². The lowest BCUT2D eigenvalue weighted by molar-refractivity contribution is -0.188. The van der Waals surface area contributed by atoms with Crippen molar-refractivity contribution in [3.8, 4) is 0 Å². The molecule has 1 saturated carbocycles. The van der Waals surface area contributed by atoms with Gasteiger partial charge in [0.05, 0.1) is 12.6 Å². The summed E-state index contributed by atoms with van der Waals surface area (Å²) in [5.74, 6) is 1.02. The Labute approximate surface area is 172 Å². The Morgan fingerprint density at radius 2 is 2.19 bits per heavy atom. The fraction of sp³-hybridized carbons (Fsp3) is 0.750. The molecule has 0 radical (unpaired) electrons. The Bertz CT molecular complexity index is 650. The second-order valence-electron chi connectivity index (χ2n) is 7.09. The van der Waals surface area contributed by atoms with Crippen molar-refractivity contribution in [2.45, 2.75) is 51.6 Å². The smallest absolute Gasteiger partial charge is 0.377 e. The van der Waals surface area contributed by atoms with Gasteiger partial charge in [0, 0.05) is 36.4 Å². The molecular formula is C16H24F3IN4OS. The van der Waals surface area contributed by atoms with Crippen LogP contribution in [0.5, 0.6) is 0 Å². The van der Waals surface area contributed by atoms with Crippen molar-refractivity contribution >= 4 is 41.3 Å². The summed E-state index contributed by atoms with van der Waals surface area (Å²) in [7, 11) is 1.65. The van der Waals surface area contributed by atoms with Gasteiger partial charge in [-0.1, -0.05) is 13.8 Å². The van der Waals surface area contributed by atoms with Crippen molar-refractivity contribution in [1.29, 1.82) is 0 Å². The van der Waals surface area contributed by atoms with Crippen LogP contribution in [-0.2, 0) is 17.5 Å². The highest BCUT2D eigenvalue weighted by atomic mass is 127. The zero-order chi connectivity index (χ0) is 18.2. The topological polar surface area (TPSA) is 58.5 Å². The average Bonchev–Trinajstić information content (AvgIpc) is 3.04. The number of guanidine groups is 1. The Hall–Kier alpha value is -0.620. The van der Waals surface area contributed by atoms with Crippen LogP contribution in [0, 0.1) is 11.3 Å². The number of rotatable bonds is 3. The number of fused-ring (bicyclic) bond motifs is 1. The van der Waals surface area contributed by atoms with Gasteiger partial charge < -0.3 is 15.4 Å². The summed E-state index contributed by atoms with van der Waals surface area (Å²) in [6.45, 7) is 5.36. The van der Waals surface area contributed by atoms with Crippen molar-refractivity contribution < 1.29 is 17.9 Å². The molecule has 2 fully saturated rings. The summed E-state index contributed by atoms with van der Waals surface area (Å²) in [5, 5.41) is 7.89. The third-order valence-corrected chi connectivity index (χ3v) is 5.94. The first-order chi connectivity index (χ1) is 11.7. The van der Waals surface area contributed by atoms with Gasteiger partial charge in [-0.15, -0.1) is 35.3 Å². The summed E-state index contributed by atoms with van der Waals surface area (Å²) in [6.07, 6.45) is -1.98. The summed E-state index contributed by atoms with van der Waals surface area (Å²) in [6, 6.07) is 0.228. The number of nitrogens with zero attached hydrogens (tertiary/aromatic N) is 2. The summed E-state index contributed by atoms with van der Waals surface area (Å²) in [4.78, 5) is 7.82. The normalized spacial score (nSPS) is 27.8. The number of alkyl halides is 3. The van der Waals surface area contributed by atoms with Crippen LogP contribution >= 0.6 is 35.3 Å². The molecular weight excluding hydrogens is 480 g/mol. The molecule has 10 heteroatoms. The van der Waals surface area contributed by atoms with Gasteiger partial charge in [-0.3, -0.25) is 4.99 Å². The van der Waals surface area contributed by atoms with Crippen molar-refractivity contribution in [1.82, 2.24) is 15.6 Å². The number of hydrogen-bond donors (Lipinski definition) is 2. The van der Waals surface area contributed by atoms with E-state index in [2.05, 4.69) is 34.5 Å². The van der Waals surface area contributed by atoms with Crippen LogP contribution in [0.2, 0.25) is 0 Å². The summed E-state index contributed by atoms with van der Waals surface area (Å²) >= 11 is 0.989. The van der Waals surface area contributed by atoms with E-state index < -0.39 is 11.9 Å². The number of aromatic nitrogens is 1. The number of thiazole rings is 1. The Morgan fingerprint density at radius 1 is 1.46 bits per heavy atom. The molecule has 148 valence electrons. The predicted octanol–water partition coefficient (Wildman–Crippen LogP) is 3.65. The van der Waals surface area contributed by atoms with E-state index >= 15 is 0 Å². The van der Waals surface area contributed by atoms with E-state index in [1.165, 1.54) is 0 Å². The minimum atomic E-state index is -4.40. The molecule has 0 bridgehead atoms. The van der Waals surface area contributed by atoms with Crippen molar-refractivity contribution in [3.05, 3.63) is 16.1 Å². The van der Waals surface area contributed by atoms with Crippen LogP contribution in [0.1, 0.15) is 37.4 Å². The monoisotopic (exact) mass is 504 g/mol. The molecule has 2 aliphatic rings. The lowest BCUT2D eigenvalue weighted by atomic mass is 9.55. The molecule has 1 saturated heterocycles. The number of hydrogen-bond acceptors (Lipinski definition) is 4. The van der Waals surface area contributed by atoms with Gasteiger partial charge in [0.25, 0.3) is 0 Å². The largest absolute Gasteiger partial charge is 0.434 e. The Morgan fingerprint density at radius 3 is 2.81 bits per heavy atom. The molecule has 0 spiro atoms. The maximum absolute atomic E-state index is 12.6. The minimum Gasteiger partial charge on any atom is -0.377 e. The van der Waals surface area contributed by atoms with Gasteiger partial charge in [-0.05, 0) is 12.8 Å². The maximum Gasteiger partial charge on any atom is 0.434 e. The minimum absolute atomic E-state index is 0. The Balaban J connectivity index is 0.00000243. The number of ether oxygens (including phenoxy) is 1. The lowest BCUT2D eigenvalue weighted by Gasteiger charge is -2.60. The fourth-order valence-corrected chi connectivity index (χ4v) is 4.58. The van der Waals surface area contributed by atoms with Gasteiger partial charge in [0.15, 0.2) is 11.7 Å². The van der Waals surface area contributed by atoms with E-state index in [-0.39, 0.29) is 48.1 Å². The molecule has 0 amide bonds. The highest BCUT2D eigenvalue weighted by Gasteiger charge is 2.58. The maximum atomic E-state index is 12.6. The predicted molar refractivity (Wildman–Crippen MR) is 106 cm³/mol. The molecule has 2 N–H and O–H groups in total. The first-order valence-electron chi connectivity index (χ1n) is 8.34. The molecule has 3 atom stereocenters. The molecule has 0 aromatic carbocycles. The van der Waals surface area contributed by atoms with E-state index in [9.17, 15) is 13.2 Å². The van der Waals surface area contributed by atoms with Gasteiger partial charge in [0.2, 0.25) is 0 Å². The summed E-state index contributed by atoms with van der Waals surface area (Å²) < 4.78 is 43.7. The van der Waals surface area contributed by atoms with Gasteiger partial charge >= 0.3 is 6.18 Å². The van der Waals surface area contributed by atoms with Gasteiger partial charge in [-0.2, -0.15) is 13.2 Å². The highest BCUT2D eigenvalue weighted by molar-refractivity contribution is 14.0. The van der Waals surface area contributed by atoms with Crippen LogP contribution in [0.3, 0.4) is 0 Å². The lowest BCUT2D eigenvalue weighted by Crippen LogP contribution is -2.70. The highest BCUT2D eigenvalue weighted by Crippen LogP contribution is 2.51. The summed E-state index contributed by atoms with van der Waals surface area (Å²) in [5.41, 5.74) is -0.854. The first kappa shape index (κ1) is 21.7. The van der Waals surface area contributed by atoms with Crippen LogP contribution in [0.25, 0.3) is 0 Å². The van der Waals surface area contributed by atoms with Gasteiger partial charge in [0.1, 0.15) is 5.01 Å². The molecule has 26 heavy (non-hydrogen) atoms. The SMILES string of the molecule is CN=C(NCc1nc(C(F)(F)F)cs1)NC1C2CCCOC2C1(C)C.I. The fourth-order valence-electron chi connectivity index (χ4n) is 3.84. The van der Waals surface area contributed by atoms with Crippen LogP contribution in [0.4, 0.5) is 13.2 Å². The molecule has 1 aromatic rings. The average molecular weight is 504 g/mol. The second-order valence-corrected chi connectivity index (χ2v) is 8.03. The second kappa shape index (κ2) is 8.17. The van der Waals surface area contributed by atoms with E-state index in [1.807, 2.05) is 0 Å². The zero-order valence-electron chi connectivity index (χ0n) is 14.9. The van der Waals surface area contributed by atoms with E-state index in [4.69, 9.17) is 4.74 Å². The number of aliphatic imine (C=N–C) groups is 1. The van der Waals surface area contributed by atoms with E-state index in [0.29, 0.717) is 16.9 Å². The first-order valence-corrected chi connectivity index (χ1v) is 9.22. The quantitative estimate of drug-likeness (QED) is 0.375. The molecule has 2 heterocycles. The third-order valence-electron chi connectivity index (χ3n) is 5.10. The molecule has 1 aromatic heterocycles.